The summed E-state index contributed by atoms with van der Waals surface area (Å²) in [6.07, 6.45) is 1.09. The zero-order valence-corrected chi connectivity index (χ0v) is 17.7. The summed E-state index contributed by atoms with van der Waals surface area (Å²) in [5.74, 6) is -3.24. The van der Waals surface area contributed by atoms with E-state index in [0.29, 0.717) is 10.6 Å². The van der Waals surface area contributed by atoms with Crippen LogP contribution in [0.1, 0.15) is 53.6 Å². The Morgan fingerprint density at radius 2 is 1.93 bits per heavy atom. The number of fused-ring (bicyclic) bond motifs is 1. The van der Waals surface area contributed by atoms with Gasteiger partial charge in [-0.2, -0.15) is 0 Å². The summed E-state index contributed by atoms with van der Waals surface area (Å²) >= 11 is 1.36. The predicted octanol–water partition coefficient (Wildman–Crippen LogP) is 4.46. The maximum Gasteiger partial charge on any atom is 0.341 e. The molecule has 154 valence electrons. The molecule has 0 bridgehead atoms. The first-order valence-corrected chi connectivity index (χ1v) is 9.98. The van der Waals surface area contributed by atoms with Crippen LogP contribution in [-0.4, -0.2) is 34.4 Å². The van der Waals surface area contributed by atoms with Gasteiger partial charge in [-0.05, 0) is 39.0 Å². The first-order chi connectivity index (χ1) is 13.5. The second-order valence-electron chi connectivity index (χ2n) is 7.85. The lowest BCUT2D eigenvalue weighted by molar-refractivity contribution is -0.140. The molecule has 0 radical (unpaired) electrons. The Bertz CT molecular complexity index is 1010. The van der Waals surface area contributed by atoms with Crippen molar-refractivity contribution >= 4 is 28.8 Å². The van der Waals surface area contributed by atoms with E-state index in [9.17, 15) is 18.4 Å². The number of aromatic nitrogens is 1. The first-order valence-electron chi connectivity index (χ1n) is 9.16. The number of benzene rings is 1. The fourth-order valence-corrected chi connectivity index (χ4v) is 4.27. The van der Waals surface area contributed by atoms with Gasteiger partial charge < -0.3 is 9.64 Å². The molecule has 0 spiro atoms. The molecular weight excluding hydrogens is 398 g/mol. The summed E-state index contributed by atoms with van der Waals surface area (Å²) in [4.78, 5) is 32.4. The summed E-state index contributed by atoms with van der Waals surface area (Å²) in [7, 11) is 0. The van der Waals surface area contributed by atoms with E-state index < -0.39 is 28.9 Å². The summed E-state index contributed by atoms with van der Waals surface area (Å²) in [5, 5.41) is 0.798. The fourth-order valence-electron chi connectivity index (χ4n) is 3.18. The smallest absolute Gasteiger partial charge is 0.341 e. The highest BCUT2D eigenvalue weighted by Gasteiger charge is 2.37. The number of aryl methyl sites for hydroxylation is 1. The summed E-state index contributed by atoms with van der Waals surface area (Å²) in [6.45, 7) is 9.37. The molecule has 3 rings (SSSR count). The van der Waals surface area contributed by atoms with E-state index in [1.807, 2.05) is 20.8 Å². The Morgan fingerprint density at radius 3 is 2.55 bits per heavy atom. The molecule has 0 aliphatic carbocycles. The molecule has 2 heterocycles. The van der Waals surface area contributed by atoms with Crippen molar-refractivity contribution in [2.24, 2.45) is 0 Å². The van der Waals surface area contributed by atoms with Gasteiger partial charge in [0.1, 0.15) is 0 Å². The van der Waals surface area contributed by atoms with Crippen LogP contribution in [0.15, 0.2) is 24.4 Å². The third-order valence-corrected chi connectivity index (χ3v) is 5.46. The summed E-state index contributed by atoms with van der Waals surface area (Å²) in [5.41, 5.74) is 0.334. The molecule has 0 N–H and O–H groups in total. The van der Waals surface area contributed by atoms with Gasteiger partial charge in [0, 0.05) is 23.7 Å². The Hall–Kier alpha value is -2.61. The van der Waals surface area contributed by atoms with E-state index >= 15 is 0 Å². The molecule has 1 aromatic heterocycles. The number of thiazole rings is 1. The molecule has 5 nitrogen and oxygen atoms in total. The topological polar surface area (TPSA) is 59.5 Å². The quantitative estimate of drug-likeness (QED) is 0.688. The van der Waals surface area contributed by atoms with Crippen molar-refractivity contribution in [1.82, 2.24) is 9.88 Å². The van der Waals surface area contributed by atoms with E-state index in [1.54, 1.807) is 13.8 Å². The van der Waals surface area contributed by atoms with Crippen LogP contribution < -0.4 is 0 Å². The van der Waals surface area contributed by atoms with Crippen molar-refractivity contribution < 1.29 is 23.1 Å². The van der Waals surface area contributed by atoms with Crippen LogP contribution in [0.5, 0.6) is 0 Å². The minimum absolute atomic E-state index is 0.0121. The largest absolute Gasteiger partial charge is 0.459 e. The Kier molecular flexibility index (Phi) is 5.58. The van der Waals surface area contributed by atoms with E-state index in [-0.39, 0.29) is 23.8 Å². The number of halogens is 2. The number of ether oxygens (including phenoxy) is 1. The highest BCUT2D eigenvalue weighted by molar-refractivity contribution is 7.13. The standard InChI is InChI=1S/C21H22F2N2O3S/c1-11(2)28-20(27)14-9-25(19(26)13-6-7-15(22)16(23)8-13)10-21(4,5)18-17(14)29-12(3)24-18/h6-9,11H,10H2,1-5H3. The molecule has 1 amide bonds. The number of hydrogen-bond donors (Lipinski definition) is 0. The molecule has 2 aromatic rings. The van der Waals surface area contributed by atoms with Crippen molar-refractivity contribution in [1.29, 1.82) is 0 Å². The average Bonchev–Trinajstić information content (AvgIpc) is 2.97. The first kappa shape index (κ1) is 21.1. The molecule has 0 fully saturated rings. The number of esters is 1. The monoisotopic (exact) mass is 420 g/mol. The van der Waals surface area contributed by atoms with Crippen molar-refractivity contribution in [2.75, 3.05) is 6.54 Å². The van der Waals surface area contributed by atoms with Crippen LogP contribution in [0.4, 0.5) is 8.78 Å². The highest BCUT2D eigenvalue weighted by atomic mass is 32.1. The van der Waals surface area contributed by atoms with Crippen LogP contribution in [0.3, 0.4) is 0 Å². The van der Waals surface area contributed by atoms with Gasteiger partial charge in [-0.25, -0.2) is 18.6 Å². The molecule has 0 saturated heterocycles. The zero-order valence-electron chi connectivity index (χ0n) is 16.9. The van der Waals surface area contributed by atoms with E-state index in [2.05, 4.69) is 4.98 Å². The number of amides is 1. The minimum atomic E-state index is -1.11. The van der Waals surface area contributed by atoms with E-state index in [1.165, 1.54) is 28.5 Å². The van der Waals surface area contributed by atoms with Gasteiger partial charge in [-0.3, -0.25) is 4.79 Å². The van der Waals surface area contributed by atoms with Crippen LogP contribution >= 0.6 is 11.3 Å². The Morgan fingerprint density at radius 1 is 1.24 bits per heavy atom. The van der Waals surface area contributed by atoms with Gasteiger partial charge in [0.15, 0.2) is 11.6 Å². The van der Waals surface area contributed by atoms with Crippen LogP contribution in [0.25, 0.3) is 5.57 Å². The van der Waals surface area contributed by atoms with Crippen molar-refractivity contribution in [3.63, 3.8) is 0 Å². The lowest BCUT2D eigenvalue weighted by Crippen LogP contribution is -2.37. The predicted molar refractivity (Wildman–Crippen MR) is 106 cm³/mol. The minimum Gasteiger partial charge on any atom is -0.459 e. The second-order valence-corrected chi connectivity index (χ2v) is 9.06. The van der Waals surface area contributed by atoms with Gasteiger partial charge in [0.05, 0.1) is 27.3 Å². The Labute approximate surface area is 172 Å². The third-order valence-electron chi connectivity index (χ3n) is 4.46. The van der Waals surface area contributed by atoms with Crippen molar-refractivity contribution in [3.8, 4) is 0 Å². The van der Waals surface area contributed by atoms with Crippen molar-refractivity contribution in [3.05, 3.63) is 57.2 Å². The van der Waals surface area contributed by atoms with Crippen molar-refractivity contribution in [2.45, 2.75) is 46.1 Å². The van der Waals surface area contributed by atoms with Gasteiger partial charge in [-0.15, -0.1) is 11.3 Å². The van der Waals surface area contributed by atoms with E-state index in [4.69, 9.17) is 4.74 Å². The highest BCUT2D eigenvalue weighted by Crippen LogP contribution is 2.39. The lowest BCUT2D eigenvalue weighted by atomic mass is 9.87. The normalized spacial score (nSPS) is 15.6. The summed E-state index contributed by atoms with van der Waals surface area (Å²) < 4.78 is 32.3. The van der Waals surface area contributed by atoms with E-state index in [0.717, 1.165) is 17.1 Å². The third kappa shape index (κ3) is 4.22. The fraction of sp³-hybridized carbons (Fsp3) is 0.381. The molecule has 0 saturated carbocycles. The number of carbonyl (C=O) groups excluding carboxylic acids is 2. The van der Waals surface area contributed by atoms with Gasteiger partial charge in [0.25, 0.3) is 5.91 Å². The SMILES string of the molecule is Cc1nc2c(s1)C(C(=O)OC(C)C)=CN(C(=O)c1ccc(F)c(F)c1)CC2(C)C. The lowest BCUT2D eigenvalue weighted by Gasteiger charge is -2.28. The van der Waals surface area contributed by atoms with Gasteiger partial charge in [-0.1, -0.05) is 13.8 Å². The van der Waals surface area contributed by atoms with Crippen LogP contribution in [0, 0.1) is 18.6 Å². The van der Waals surface area contributed by atoms with Gasteiger partial charge in [0.2, 0.25) is 0 Å². The summed E-state index contributed by atoms with van der Waals surface area (Å²) in [6, 6.07) is 2.98. The molecule has 1 aromatic carbocycles. The van der Waals surface area contributed by atoms with Gasteiger partial charge >= 0.3 is 5.97 Å². The average molecular weight is 420 g/mol. The molecule has 0 atom stereocenters. The number of hydrogen-bond acceptors (Lipinski definition) is 5. The molecule has 1 aliphatic heterocycles. The molecule has 0 unspecified atom stereocenters. The maximum absolute atomic E-state index is 13.7. The molecule has 29 heavy (non-hydrogen) atoms. The molecular formula is C21H22F2N2O3S. The van der Waals surface area contributed by atoms with Crippen LogP contribution in [-0.2, 0) is 14.9 Å². The maximum atomic E-state index is 13.7. The molecule has 8 heteroatoms. The number of carbonyl (C=O) groups is 2. The molecule has 1 aliphatic rings. The number of nitrogens with zero attached hydrogens (tertiary/aromatic N) is 2. The second kappa shape index (κ2) is 7.67. The van der Waals surface area contributed by atoms with Crippen LogP contribution in [0.2, 0.25) is 0 Å². The number of rotatable bonds is 3. The zero-order chi connectivity index (χ0) is 21.5. The Balaban J connectivity index is 2.11.